The molecular weight excluding hydrogens is 164 g/mol. The van der Waals surface area contributed by atoms with Crippen molar-refractivity contribution in [1.82, 2.24) is 0 Å². The molecule has 0 unspecified atom stereocenters. The molecule has 0 radical (unpaired) electrons. The van der Waals surface area contributed by atoms with Gasteiger partial charge in [-0.1, -0.05) is 31.8 Å². The minimum atomic E-state index is 0.322. The maximum absolute atomic E-state index is 9.90. The van der Waals surface area contributed by atoms with E-state index in [0.29, 0.717) is 6.61 Å². The van der Waals surface area contributed by atoms with Gasteiger partial charge >= 0.3 is 0 Å². The third-order valence-electron chi connectivity index (χ3n) is 1.99. The minimum Gasteiger partial charge on any atom is -0.396 e. The number of hydrogen-bond acceptors (Lipinski definition) is 2. The van der Waals surface area contributed by atoms with E-state index in [1.807, 2.05) is 6.08 Å². The van der Waals surface area contributed by atoms with Crippen LogP contribution in [0.5, 0.6) is 0 Å². The molecule has 0 aromatic carbocycles. The van der Waals surface area contributed by atoms with Gasteiger partial charge in [0.25, 0.3) is 0 Å². The van der Waals surface area contributed by atoms with Gasteiger partial charge in [-0.05, 0) is 25.3 Å². The highest BCUT2D eigenvalue weighted by molar-refractivity contribution is 5.64. The number of aliphatic hydroxyl groups excluding tert-OH is 1. The Morgan fingerprint density at radius 3 is 2.15 bits per heavy atom. The van der Waals surface area contributed by atoms with Gasteiger partial charge in [-0.15, -0.1) is 0 Å². The Kier molecular flexibility index (Phi) is 10.8. The second kappa shape index (κ2) is 11.4. The summed E-state index contributed by atoms with van der Waals surface area (Å²) in [6.07, 6.45) is 12.3. The highest BCUT2D eigenvalue weighted by Gasteiger charge is 1.89. The highest BCUT2D eigenvalue weighted by atomic mass is 16.2. The van der Waals surface area contributed by atoms with E-state index in [-0.39, 0.29) is 0 Å². The fourth-order valence-corrected chi connectivity index (χ4v) is 1.23. The van der Waals surface area contributed by atoms with Crippen molar-refractivity contribution in [3.63, 3.8) is 0 Å². The molecule has 0 aliphatic carbocycles. The van der Waals surface area contributed by atoms with Crippen LogP contribution < -0.4 is 0 Å². The lowest BCUT2D eigenvalue weighted by Crippen LogP contribution is -1.83. The zero-order valence-electron chi connectivity index (χ0n) is 8.24. The first kappa shape index (κ1) is 12.4. The van der Waals surface area contributed by atoms with Gasteiger partial charge in [0, 0.05) is 6.61 Å². The molecule has 0 aromatic rings. The van der Waals surface area contributed by atoms with Crippen LogP contribution in [-0.4, -0.2) is 18.0 Å². The van der Waals surface area contributed by atoms with Crippen molar-refractivity contribution in [3.05, 3.63) is 12.2 Å². The van der Waals surface area contributed by atoms with E-state index >= 15 is 0 Å². The van der Waals surface area contributed by atoms with Gasteiger partial charge in [0.15, 0.2) is 0 Å². The number of unbranched alkanes of at least 4 members (excludes halogenated alkanes) is 6. The molecule has 0 atom stereocenters. The predicted molar refractivity (Wildman–Crippen MR) is 54.6 cm³/mol. The number of aliphatic hydroxyl groups is 1. The molecule has 1 N–H and O–H groups in total. The molecule has 0 spiro atoms. The molecule has 0 rings (SSSR count). The smallest absolute Gasteiger partial charge is 0.142 e. The molecule has 0 saturated heterocycles. The summed E-state index contributed by atoms with van der Waals surface area (Å²) < 4.78 is 0. The lowest BCUT2D eigenvalue weighted by molar-refractivity contribution is -0.104. The van der Waals surface area contributed by atoms with Gasteiger partial charge < -0.3 is 5.11 Å². The Hall–Kier alpha value is -0.630. The molecule has 0 fully saturated rings. The van der Waals surface area contributed by atoms with Crippen molar-refractivity contribution in [2.75, 3.05) is 6.61 Å². The summed E-state index contributed by atoms with van der Waals surface area (Å²) >= 11 is 0. The topological polar surface area (TPSA) is 37.3 Å². The van der Waals surface area contributed by atoms with Crippen molar-refractivity contribution in [2.24, 2.45) is 0 Å². The molecule has 2 nitrogen and oxygen atoms in total. The fourth-order valence-electron chi connectivity index (χ4n) is 1.23. The second-order valence-corrected chi connectivity index (χ2v) is 3.20. The molecule has 76 valence electrons. The number of rotatable bonds is 9. The van der Waals surface area contributed by atoms with Crippen LogP contribution in [-0.2, 0) is 4.79 Å². The third-order valence-corrected chi connectivity index (χ3v) is 1.99. The molecule has 0 saturated carbocycles. The van der Waals surface area contributed by atoms with Gasteiger partial charge in [0.05, 0.1) is 0 Å². The molecule has 0 heterocycles. The van der Waals surface area contributed by atoms with E-state index in [9.17, 15) is 4.79 Å². The molecule has 0 aliphatic heterocycles. The Bertz CT molecular complexity index is 130. The van der Waals surface area contributed by atoms with E-state index in [2.05, 4.69) is 0 Å². The number of hydrogen-bond donors (Lipinski definition) is 1. The van der Waals surface area contributed by atoms with Gasteiger partial charge in [-0.25, -0.2) is 0 Å². The van der Waals surface area contributed by atoms with E-state index in [4.69, 9.17) is 5.11 Å². The summed E-state index contributed by atoms with van der Waals surface area (Å²) in [5.74, 6) is 0. The van der Waals surface area contributed by atoms with Crippen LogP contribution in [0.2, 0.25) is 0 Å². The van der Waals surface area contributed by atoms with E-state index in [1.165, 1.54) is 25.7 Å². The van der Waals surface area contributed by atoms with Crippen molar-refractivity contribution in [2.45, 2.75) is 44.9 Å². The normalized spacial score (nSPS) is 10.8. The van der Waals surface area contributed by atoms with Crippen LogP contribution >= 0.6 is 0 Å². The molecule has 0 bridgehead atoms. The van der Waals surface area contributed by atoms with Gasteiger partial charge in [-0.3, -0.25) is 4.79 Å². The lowest BCUT2D eigenvalue weighted by atomic mass is 10.1. The Morgan fingerprint density at radius 1 is 0.923 bits per heavy atom. The van der Waals surface area contributed by atoms with Crippen molar-refractivity contribution in [1.29, 1.82) is 0 Å². The zero-order valence-corrected chi connectivity index (χ0v) is 8.24. The minimum absolute atomic E-state index is 0.322. The first-order valence-corrected chi connectivity index (χ1v) is 5.13. The largest absolute Gasteiger partial charge is 0.396 e. The average molecular weight is 184 g/mol. The number of carbonyl (C=O) groups excluding carboxylic acids is 1. The van der Waals surface area contributed by atoms with E-state index in [0.717, 1.165) is 25.5 Å². The molecule has 13 heavy (non-hydrogen) atoms. The summed E-state index contributed by atoms with van der Waals surface area (Å²) in [5, 5.41) is 8.52. The zero-order chi connectivity index (χ0) is 9.78. The quantitative estimate of drug-likeness (QED) is 0.339. The van der Waals surface area contributed by atoms with Crippen molar-refractivity contribution in [3.8, 4) is 0 Å². The van der Waals surface area contributed by atoms with Gasteiger partial charge in [0.1, 0.15) is 6.29 Å². The molecule has 0 aromatic heterocycles. The highest BCUT2D eigenvalue weighted by Crippen LogP contribution is 2.06. The van der Waals surface area contributed by atoms with Crippen molar-refractivity contribution >= 4 is 6.29 Å². The molecule has 0 aliphatic rings. The molecule has 2 heteroatoms. The predicted octanol–water partition coefficient (Wildman–Crippen LogP) is 2.46. The average Bonchev–Trinajstić information content (AvgIpc) is 2.16. The van der Waals surface area contributed by atoms with Crippen LogP contribution in [0, 0.1) is 0 Å². The Labute approximate surface area is 80.7 Å². The Balaban J connectivity index is 2.91. The van der Waals surface area contributed by atoms with Gasteiger partial charge in [-0.2, -0.15) is 0 Å². The third kappa shape index (κ3) is 11.4. The van der Waals surface area contributed by atoms with Crippen molar-refractivity contribution < 1.29 is 9.90 Å². The maximum atomic E-state index is 9.90. The number of carbonyl (C=O) groups is 1. The van der Waals surface area contributed by atoms with Crippen LogP contribution in [0.4, 0.5) is 0 Å². The monoisotopic (exact) mass is 184 g/mol. The summed E-state index contributed by atoms with van der Waals surface area (Å²) in [7, 11) is 0. The maximum Gasteiger partial charge on any atom is 0.142 e. The van der Waals surface area contributed by atoms with Crippen LogP contribution in [0.15, 0.2) is 12.2 Å². The number of allylic oxidation sites excluding steroid dienone is 2. The van der Waals surface area contributed by atoms with Crippen LogP contribution in [0.25, 0.3) is 0 Å². The fraction of sp³-hybridized carbons (Fsp3) is 0.727. The van der Waals surface area contributed by atoms with Crippen LogP contribution in [0.3, 0.4) is 0 Å². The first-order chi connectivity index (χ1) is 6.41. The van der Waals surface area contributed by atoms with Crippen LogP contribution in [0.1, 0.15) is 44.9 Å². The SMILES string of the molecule is O=C/C=C\CCCCCCCCO. The Morgan fingerprint density at radius 2 is 1.54 bits per heavy atom. The molecule has 0 amide bonds. The lowest BCUT2D eigenvalue weighted by Gasteiger charge is -1.98. The summed E-state index contributed by atoms with van der Waals surface area (Å²) in [6, 6.07) is 0. The second-order valence-electron chi connectivity index (χ2n) is 3.20. The first-order valence-electron chi connectivity index (χ1n) is 5.13. The summed E-state index contributed by atoms with van der Waals surface area (Å²) in [5.41, 5.74) is 0. The standard InChI is InChI=1S/C11H20O2/c12-10-8-6-4-2-1-3-5-7-9-11-13/h6,8,10,13H,1-5,7,9,11H2/b8-6-. The summed E-state index contributed by atoms with van der Waals surface area (Å²) in [6.45, 7) is 0.322. The number of aldehydes is 1. The molecular formula is C11H20O2. The summed E-state index contributed by atoms with van der Waals surface area (Å²) in [4.78, 5) is 9.90. The van der Waals surface area contributed by atoms with E-state index in [1.54, 1.807) is 6.08 Å². The van der Waals surface area contributed by atoms with Gasteiger partial charge in [0.2, 0.25) is 0 Å². The van der Waals surface area contributed by atoms with E-state index < -0.39 is 0 Å².